The Labute approximate surface area is 140 Å². The number of anilines is 1. The molecule has 0 radical (unpaired) electrons. The van der Waals surface area contributed by atoms with Gasteiger partial charge in [0.1, 0.15) is 6.10 Å². The molecular formula is C19H18N4O. The number of fused-ring (bicyclic) bond motifs is 1. The molecule has 0 fully saturated rings. The van der Waals surface area contributed by atoms with Crippen LogP contribution < -0.4 is 5.32 Å². The van der Waals surface area contributed by atoms with Gasteiger partial charge in [-0.15, -0.1) is 0 Å². The highest BCUT2D eigenvalue weighted by molar-refractivity contribution is 5.54. The minimum atomic E-state index is 0.0251. The van der Waals surface area contributed by atoms with E-state index in [1.165, 1.54) is 11.1 Å². The third-order valence-corrected chi connectivity index (χ3v) is 4.12. The maximum atomic E-state index is 5.91. The maximum Gasteiger partial charge on any atom is 0.223 e. The van der Waals surface area contributed by atoms with Gasteiger partial charge in [0, 0.05) is 18.9 Å². The third-order valence-electron chi connectivity index (χ3n) is 4.12. The fourth-order valence-electron chi connectivity index (χ4n) is 2.93. The highest BCUT2D eigenvalue weighted by Crippen LogP contribution is 2.27. The van der Waals surface area contributed by atoms with E-state index in [-0.39, 0.29) is 6.10 Å². The Bertz CT molecular complexity index is 822. The van der Waals surface area contributed by atoms with E-state index in [1.807, 2.05) is 24.3 Å². The van der Waals surface area contributed by atoms with E-state index >= 15 is 0 Å². The molecule has 4 rings (SSSR count). The highest BCUT2D eigenvalue weighted by Gasteiger charge is 2.20. The lowest BCUT2D eigenvalue weighted by Crippen LogP contribution is -2.23. The van der Waals surface area contributed by atoms with Crippen LogP contribution in [0.2, 0.25) is 0 Å². The minimum Gasteiger partial charge on any atom is -0.371 e. The van der Waals surface area contributed by atoms with Gasteiger partial charge in [-0.25, -0.2) is 9.97 Å². The molecule has 1 aliphatic rings. The van der Waals surface area contributed by atoms with Gasteiger partial charge in [0.2, 0.25) is 5.95 Å². The first-order chi connectivity index (χ1) is 11.9. The van der Waals surface area contributed by atoms with Gasteiger partial charge < -0.3 is 10.1 Å². The fourth-order valence-corrected chi connectivity index (χ4v) is 2.93. The number of hydrogen-bond acceptors (Lipinski definition) is 5. The maximum absolute atomic E-state index is 5.91. The molecule has 1 aliphatic heterocycles. The lowest BCUT2D eigenvalue weighted by molar-refractivity contribution is 0.0512. The van der Waals surface area contributed by atoms with Crippen LogP contribution in [0.3, 0.4) is 0 Å². The van der Waals surface area contributed by atoms with Crippen molar-refractivity contribution in [2.24, 2.45) is 0 Å². The van der Waals surface area contributed by atoms with Gasteiger partial charge in [-0.05, 0) is 35.7 Å². The summed E-state index contributed by atoms with van der Waals surface area (Å²) in [7, 11) is 0. The quantitative estimate of drug-likeness (QED) is 0.800. The minimum absolute atomic E-state index is 0.0251. The Morgan fingerprint density at radius 3 is 2.79 bits per heavy atom. The summed E-state index contributed by atoms with van der Waals surface area (Å²) in [5.74, 6) is 0.588. The number of nitrogens with zero attached hydrogens (tertiary/aromatic N) is 3. The molecule has 0 unspecified atom stereocenters. The monoisotopic (exact) mass is 318 g/mol. The van der Waals surface area contributed by atoms with Crippen LogP contribution in [0.4, 0.5) is 5.95 Å². The second-order valence-corrected chi connectivity index (χ2v) is 5.67. The van der Waals surface area contributed by atoms with E-state index in [2.05, 4.69) is 44.5 Å². The summed E-state index contributed by atoms with van der Waals surface area (Å²) < 4.78 is 5.91. The molecule has 0 saturated heterocycles. The molecule has 0 bridgehead atoms. The largest absolute Gasteiger partial charge is 0.371 e. The molecule has 1 aromatic carbocycles. The van der Waals surface area contributed by atoms with Gasteiger partial charge in [0.15, 0.2) is 0 Å². The van der Waals surface area contributed by atoms with E-state index in [9.17, 15) is 0 Å². The van der Waals surface area contributed by atoms with Gasteiger partial charge in [0.25, 0.3) is 0 Å². The van der Waals surface area contributed by atoms with Crippen molar-refractivity contribution in [2.75, 3.05) is 18.5 Å². The van der Waals surface area contributed by atoms with Crippen molar-refractivity contribution in [3.63, 3.8) is 0 Å². The summed E-state index contributed by atoms with van der Waals surface area (Å²) in [6.45, 7) is 1.39. The number of nitrogens with one attached hydrogen (secondary N) is 1. The van der Waals surface area contributed by atoms with Crippen LogP contribution >= 0.6 is 0 Å². The Morgan fingerprint density at radius 2 is 1.88 bits per heavy atom. The first-order valence-corrected chi connectivity index (χ1v) is 8.08. The van der Waals surface area contributed by atoms with Crippen molar-refractivity contribution in [2.45, 2.75) is 12.5 Å². The summed E-state index contributed by atoms with van der Waals surface area (Å²) in [6.07, 6.45) is 4.50. The van der Waals surface area contributed by atoms with E-state index in [4.69, 9.17) is 4.74 Å². The van der Waals surface area contributed by atoms with Crippen LogP contribution in [0.5, 0.6) is 0 Å². The molecule has 5 heteroatoms. The first kappa shape index (κ1) is 14.8. The molecule has 0 amide bonds. The van der Waals surface area contributed by atoms with E-state index in [1.54, 1.807) is 12.4 Å². The molecule has 2 aromatic heterocycles. The van der Waals surface area contributed by atoms with E-state index in [0.29, 0.717) is 12.5 Å². The molecule has 3 heterocycles. The average molecular weight is 318 g/mol. The zero-order valence-corrected chi connectivity index (χ0v) is 13.2. The van der Waals surface area contributed by atoms with Gasteiger partial charge >= 0.3 is 0 Å². The predicted molar refractivity (Wildman–Crippen MR) is 92.6 cm³/mol. The zero-order chi connectivity index (χ0) is 16.2. The molecule has 1 N–H and O–H groups in total. The van der Waals surface area contributed by atoms with Crippen molar-refractivity contribution >= 4 is 5.95 Å². The van der Waals surface area contributed by atoms with Gasteiger partial charge in [-0.3, -0.25) is 4.98 Å². The Morgan fingerprint density at radius 1 is 0.958 bits per heavy atom. The van der Waals surface area contributed by atoms with Gasteiger partial charge in [-0.1, -0.05) is 30.3 Å². The SMILES string of the molecule is c1ccc(-c2ccnc(NC[C@H]3OCCc4ccccc43)n2)nc1. The fraction of sp³-hybridized carbons (Fsp3) is 0.211. The summed E-state index contributed by atoms with van der Waals surface area (Å²) in [4.78, 5) is 13.2. The normalized spacial score (nSPS) is 16.4. The summed E-state index contributed by atoms with van der Waals surface area (Å²) in [5.41, 5.74) is 4.25. The third kappa shape index (κ3) is 3.12. The summed E-state index contributed by atoms with van der Waals surface area (Å²) in [6, 6.07) is 16.1. The van der Waals surface area contributed by atoms with Crippen LogP contribution in [0.1, 0.15) is 17.2 Å². The standard InChI is InChI=1S/C19H18N4O/c1-2-6-15-14(5-1)9-12-24-18(15)13-22-19-21-11-8-17(23-19)16-7-3-4-10-20-16/h1-8,10-11,18H,9,12-13H2,(H,21,22,23)/t18-/m1/s1. The lowest BCUT2D eigenvalue weighted by Gasteiger charge is -2.26. The average Bonchev–Trinajstić information content (AvgIpc) is 2.67. The Hall–Kier alpha value is -2.79. The van der Waals surface area contributed by atoms with Crippen molar-refractivity contribution < 1.29 is 4.74 Å². The molecule has 0 spiro atoms. The number of aromatic nitrogens is 3. The summed E-state index contributed by atoms with van der Waals surface area (Å²) >= 11 is 0. The zero-order valence-electron chi connectivity index (χ0n) is 13.2. The van der Waals surface area contributed by atoms with Crippen LogP contribution in [-0.2, 0) is 11.2 Å². The topological polar surface area (TPSA) is 59.9 Å². The molecule has 3 aromatic rings. The molecule has 0 saturated carbocycles. The highest BCUT2D eigenvalue weighted by atomic mass is 16.5. The van der Waals surface area contributed by atoms with Crippen molar-refractivity contribution in [1.82, 2.24) is 15.0 Å². The smallest absolute Gasteiger partial charge is 0.223 e. The van der Waals surface area contributed by atoms with Gasteiger partial charge in [0.05, 0.1) is 18.0 Å². The Balaban J connectivity index is 1.49. The number of benzene rings is 1. The molecule has 24 heavy (non-hydrogen) atoms. The molecule has 120 valence electrons. The van der Waals surface area contributed by atoms with E-state index < -0.39 is 0 Å². The van der Waals surface area contributed by atoms with Crippen LogP contribution in [0.15, 0.2) is 60.9 Å². The van der Waals surface area contributed by atoms with Crippen molar-refractivity contribution in [3.05, 3.63) is 72.1 Å². The molecule has 1 atom stereocenters. The number of pyridine rings is 1. The number of rotatable bonds is 4. The number of ether oxygens (including phenoxy) is 1. The first-order valence-electron chi connectivity index (χ1n) is 8.08. The number of hydrogen-bond donors (Lipinski definition) is 1. The lowest BCUT2D eigenvalue weighted by atomic mass is 9.98. The summed E-state index contributed by atoms with van der Waals surface area (Å²) in [5, 5.41) is 3.29. The van der Waals surface area contributed by atoms with Crippen molar-refractivity contribution in [3.8, 4) is 11.4 Å². The van der Waals surface area contributed by atoms with Gasteiger partial charge in [-0.2, -0.15) is 0 Å². The second kappa shape index (κ2) is 6.76. The van der Waals surface area contributed by atoms with Crippen LogP contribution in [0.25, 0.3) is 11.4 Å². The predicted octanol–water partition coefficient (Wildman–Crippen LogP) is 3.26. The van der Waals surface area contributed by atoms with Crippen molar-refractivity contribution in [1.29, 1.82) is 0 Å². The molecular weight excluding hydrogens is 300 g/mol. The van der Waals surface area contributed by atoms with Crippen LogP contribution in [0, 0.1) is 0 Å². The molecule has 0 aliphatic carbocycles. The Kier molecular flexibility index (Phi) is 4.16. The second-order valence-electron chi connectivity index (χ2n) is 5.67. The van der Waals surface area contributed by atoms with Crippen LogP contribution in [-0.4, -0.2) is 28.1 Å². The van der Waals surface area contributed by atoms with E-state index in [0.717, 1.165) is 24.4 Å². The molecule has 5 nitrogen and oxygen atoms in total.